The van der Waals surface area contributed by atoms with Crippen LogP contribution in [0.4, 0.5) is 36.3 Å². The van der Waals surface area contributed by atoms with Gasteiger partial charge in [-0.2, -0.15) is 18.2 Å². The summed E-state index contributed by atoms with van der Waals surface area (Å²) in [5.74, 6) is -0.0468. The van der Waals surface area contributed by atoms with Crippen LogP contribution in [0.1, 0.15) is 11.3 Å². The number of benzene rings is 1. The lowest BCUT2D eigenvalue weighted by Crippen LogP contribution is -2.20. The Morgan fingerprint density at radius 3 is 2.56 bits per heavy atom. The first-order valence-corrected chi connectivity index (χ1v) is 7.45. The fraction of sp³-hybridized carbons (Fsp3) is 0.312. The molecule has 0 spiro atoms. The minimum atomic E-state index is -4.57. The average molecular weight is 351 g/mol. The Hall–Kier alpha value is -2.84. The molecule has 0 saturated heterocycles. The van der Waals surface area contributed by atoms with Crippen LogP contribution < -0.4 is 15.1 Å². The van der Waals surface area contributed by atoms with E-state index in [-0.39, 0.29) is 24.1 Å². The molecule has 0 fully saturated rings. The zero-order valence-electron chi connectivity index (χ0n) is 13.8. The lowest BCUT2D eigenvalue weighted by atomic mass is 10.1. The van der Waals surface area contributed by atoms with Gasteiger partial charge in [-0.25, -0.2) is 4.98 Å². The molecular formula is C16H16F3N5O. The number of halogens is 3. The molecule has 9 heteroatoms. The summed E-state index contributed by atoms with van der Waals surface area (Å²) in [5, 5.41) is 2.79. The second-order valence-corrected chi connectivity index (χ2v) is 5.93. The number of carbonyl (C=O) groups excluding carboxylic acids is 1. The number of nitrogens with one attached hydrogen (secondary N) is 1. The van der Waals surface area contributed by atoms with Crippen LogP contribution in [0.25, 0.3) is 0 Å². The van der Waals surface area contributed by atoms with Crippen molar-refractivity contribution in [3.8, 4) is 0 Å². The van der Waals surface area contributed by atoms with E-state index < -0.39 is 11.9 Å². The monoisotopic (exact) mass is 351 g/mol. The molecule has 1 aromatic heterocycles. The van der Waals surface area contributed by atoms with Gasteiger partial charge in [-0.15, -0.1) is 0 Å². The quantitative estimate of drug-likeness (QED) is 0.921. The molecular weight excluding hydrogens is 335 g/mol. The number of carbonyl (C=O) groups is 1. The van der Waals surface area contributed by atoms with Crippen LogP contribution in [0.2, 0.25) is 0 Å². The summed E-state index contributed by atoms with van der Waals surface area (Å²) in [6.45, 7) is 0. The third-order valence-electron chi connectivity index (χ3n) is 3.87. The summed E-state index contributed by atoms with van der Waals surface area (Å²) >= 11 is 0. The predicted molar refractivity (Wildman–Crippen MR) is 88.2 cm³/mol. The summed E-state index contributed by atoms with van der Waals surface area (Å²) in [4.78, 5) is 22.4. The van der Waals surface area contributed by atoms with Crippen LogP contribution in [0.3, 0.4) is 0 Å². The maximum absolute atomic E-state index is 13.0. The molecule has 2 heterocycles. The van der Waals surface area contributed by atoms with Crippen molar-refractivity contribution < 1.29 is 18.0 Å². The first-order chi connectivity index (χ1) is 11.6. The highest BCUT2D eigenvalue weighted by Crippen LogP contribution is 2.33. The molecule has 0 atom stereocenters. The highest BCUT2D eigenvalue weighted by Gasteiger charge is 2.34. The van der Waals surface area contributed by atoms with E-state index >= 15 is 0 Å². The highest BCUT2D eigenvalue weighted by atomic mass is 19.4. The summed E-state index contributed by atoms with van der Waals surface area (Å²) in [6, 6.07) is 6.02. The zero-order chi connectivity index (χ0) is 18.4. The SMILES string of the molecule is CN(C)c1cc(C(F)(F)F)nc(Nc2ccc3c(c2)CC(=O)N3C)n1. The highest BCUT2D eigenvalue weighted by molar-refractivity contribution is 6.01. The van der Waals surface area contributed by atoms with Crippen molar-refractivity contribution in [1.29, 1.82) is 0 Å². The Balaban J connectivity index is 1.94. The van der Waals surface area contributed by atoms with Gasteiger partial charge >= 0.3 is 6.18 Å². The Morgan fingerprint density at radius 1 is 1.20 bits per heavy atom. The lowest BCUT2D eigenvalue weighted by Gasteiger charge is -2.16. The Labute approximate surface area is 142 Å². The van der Waals surface area contributed by atoms with Crippen LogP contribution in [0.5, 0.6) is 0 Å². The largest absolute Gasteiger partial charge is 0.433 e. The molecule has 0 aliphatic carbocycles. The van der Waals surface area contributed by atoms with Gasteiger partial charge in [0.1, 0.15) is 5.82 Å². The van der Waals surface area contributed by atoms with Crippen LogP contribution in [-0.4, -0.2) is 37.0 Å². The standard InChI is InChI=1S/C16H16F3N5O/c1-23(2)13-8-12(16(17,18)19)21-15(22-13)20-10-4-5-11-9(6-10)7-14(25)24(11)3/h4-6,8H,7H2,1-3H3,(H,20,21,22). The molecule has 1 aliphatic heterocycles. The number of aromatic nitrogens is 2. The van der Waals surface area contributed by atoms with Gasteiger partial charge in [0.15, 0.2) is 5.69 Å². The Morgan fingerprint density at radius 2 is 1.92 bits per heavy atom. The second-order valence-electron chi connectivity index (χ2n) is 5.93. The van der Waals surface area contributed by atoms with E-state index in [1.54, 1.807) is 44.2 Å². The molecule has 1 aliphatic rings. The van der Waals surface area contributed by atoms with Gasteiger partial charge in [-0.05, 0) is 23.8 Å². The second kappa shape index (κ2) is 5.91. The van der Waals surface area contributed by atoms with Crippen molar-refractivity contribution in [3.05, 3.63) is 35.5 Å². The normalized spacial score (nSPS) is 13.8. The molecule has 25 heavy (non-hydrogen) atoms. The molecule has 1 N–H and O–H groups in total. The minimum absolute atomic E-state index is 0.0302. The molecule has 0 unspecified atom stereocenters. The summed E-state index contributed by atoms with van der Waals surface area (Å²) in [5.41, 5.74) is 1.09. The van der Waals surface area contributed by atoms with Gasteiger partial charge in [0.05, 0.1) is 6.42 Å². The third kappa shape index (κ3) is 3.35. The van der Waals surface area contributed by atoms with Crippen LogP contribution in [0.15, 0.2) is 24.3 Å². The van der Waals surface area contributed by atoms with E-state index in [0.29, 0.717) is 5.69 Å². The maximum Gasteiger partial charge on any atom is 0.433 e. The van der Waals surface area contributed by atoms with Gasteiger partial charge in [0.25, 0.3) is 0 Å². The fourth-order valence-electron chi connectivity index (χ4n) is 2.54. The average Bonchev–Trinajstić information content (AvgIpc) is 2.80. The van der Waals surface area contributed by atoms with Gasteiger partial charge in [0, 0.05) is 38.6 Å². The van der Waals surface area contributed by atoms with E-state index in [1.165, 1.54) is 4.90 Å². The molecule has 1 aromatic carbocycles. The van der Waals surface area contributed by atoms with E-state index in [4.69, 9.17) is 0 Å². The first-order valence-electron chi connectivity index (χ1n) is 7.45. The number of rotatable bonds is 3. The molecule has 3 rings (SSSR count). The van der Waals surface area contributed by atoms with Crippen molar-refractivity contribution in [2.24, 2.45) is 0 Å². The van der Waals surface area contributed by atoms with Crippen LogP contribution in [-0.2, 0) is 17.4 Å². The van der Waals surface area contributed by atoms with Crippen molar-refractivity contribution in [2.75, 3.05) is 36.3 Å². The Bertz CT molecular complexity index is 835. The van der Waals surface area contributed by atoms with Crippen LogP contribution >= 0.6 is 0 Å². The summed E-state index contributed by atoms with van der Waals surface area (Å²) in [7, 11) is 4.88. The van der Waals surface area contributed by atoms with Crippen molar-refractivity contribution in [3.63, 3.8) is 0 Å². The number of nitrogens with zero attached hydrogens (tertiary/aromatic N) is 4. The summed E-state index contributed by atoms with van der Waals surface area (Å²) < 4.78 is 39.1. The Kier molecular flexibility index (Phi) is 4.02. The lowest BCUT2D eigenvalue weighted by molar-refractivity contribution is -0.141. The topological polar surface area (TPSA) is 61.4 Å². The summed E-state index contributed by atoms with van der Waals surface area (Å²) in [6.07, 6.45) is -4.31. The molecule has 132 valence electrons. The van der Waals surface area contributed by atoms with Crippen molar-refractivity contribution >= 4 is 29.0 Å². The number of fused-ring (bicyclic) bond motifs is 1. The number of anilines is 4. The van der Waals surface area contributed by atoms with Crippen LogP contribution in [0, 0.1) is 0 Å². The van der Waals surface area contributed by atoms with Crippen molar-refractivity contribution in [2.45, 2.75) is 12.6 Å². The van der Waals surface area contributed by atoms with E-state index in [9.17, 15) is 18.0 Å². The van der Waals surface area contributed by atoms with Gasteiger partial charge in [-0.1, -0.05) is 0 Å². The van der Waals surface area contributed by atoms with Crippen molar-refractivity contribution in [1.82, 2.24) is 9.97 Å². The smallest absolute Gasteiger partial charge is 0.363 e. The third-order valence-corrected chi connectivity index (χ3v) is 3.87. The first kappa shape index (κ1) is 17.0. The maximum atomic E-state index is 13.0. The number of hydrogen-bond acceptors (Lipinski definition) is 5. The molecule has 1 amide bonds. The van der Waals surface area contributed by atoms with Gasteiger partial charge in [0.2, 0.25) is 11.9 Å². The van der Waals surface area contributed by atoms with Gasteiger partial charge < -0.3 is 15.1 Å². The van der Waals surface area contributed by atoms with E-state index in [2.05, 4.69) is 15.3 Å². The number of amides is 1. The van der Waals surface area contributed by atoms with E-state index in [0.717, 1.165) is 17.3 Å². The molecule has 0 bridgehead atoms. The zero-order valence-corrected chi connectivity index (χ0v) is 13.8. The van der Waals surface area contributed by atoms with Gasteiger partial charge in [-0.3, -0.25) is 4.79 Å². The number of hydrogen-bond donors (Lipinski definition) is 1. The number of likely N-dealkylation sites (N-methyl/N-ethyl adjacent to an activating group) is 1. The minimum Gasteiger partial charge on any atom is -0.363 e. The molecule has 0 saturated carbocycles. The number of alkyl halides is 3. The predicted octanol–water partition coefficient (Wildman–Crippen LogP) is 2.82. The molecule has 6 nitrogen and oxygen atoms in total. The molecule has 2 aromatic rings. The molecule has 0 radical (unpaired) electrons. The van der Waals surface area contributed by atoms with E-state index in [1.807, 2.05) is 0 Å². The fourth-order valence-corrected chi connectivity index (χ4v) is 2.54.